The Balaban J connectivity index is 1.79. The van der Waals surface area contributed by atoms with Gasteiger partial charge in [-0.2, -0.15) is 0 Å². The lowest BCUT2D eigenvalue weighted by molar-refractivity contribution is 0.296. The molecule has 21 heavy (non-hydrogen) atoms. The summed E-state index contributed by atoms with van der Waals surface area (Å²) in [6.45, 7) is 2.33. The van der Waals surface area contributed by atoms with Crippen LogP contribution in [0.2, 0.25) is 10.2 Å². The van der Waals surface area contributed by atoms with Crippen LogP contribution in [0.3, 0.4) is 0 Å². The molecule has 0 atom stereocenters. The number of ether oxygens (including phenoxy) is 1. The number of aryl methyl sites for hydroxylation is 1. The lowest BCUT2D eigenvalue weighted by Crippen LogP contribution is -2.02. The highest BCUT2D eigenvalue weighted by molar-refractivity contribution is 7.16. The topological polar surface area (TPSA) is 35.0 Å². The van der Waals surface area contributed by atoms with Gasteiger partial charge in [0, 0.05) is 10.4 Å². The number of thiophene rings is 1. The van der Waals surface area contributed by atoms with Gasteiger partial charge in [-0.15, -0.1) is 11.3 Å². The molecule has 2 aromatic heterocycles. The Morgan fingerprint density at radius 1 is 1.19 bits per heavy atom. The summed E-state index contributed by atoms with van der Waals surface area (Å²) in [5.74, 6) is 1.32. The molecule has 108 valence electrons. The molecule has 0 saturated carbocycles. The van der Waals surface area contributed by atoms with E-state index in [0.29, 0.717) is 11.0 Å². The zero-order valence-corrected chi connectivity index (χ0v) is 13.6. The average Bonchev–Trinajstić information content (AvgIpc) is 2.95. The fraction of sp³-hybridized carbons (Fsp3) is 0.200. The summed E-state index contributed by atoms with van der Waals surface area (Å²) in [7, 11) is 0. The van der Waals surface area contributed by atoms with E-state index in [1.807, 2.05) is 29.6 Å². The molecule has 2 heterocycles. The summed E-state index contributed by atoms with van der Waals surface area (Å²) in [6, 6.07) is 7.53. The molecule has 0 aliphatic heterocycles. The quantitative estimate of drug-likeness (QED) is 0.618. The van der Waals surface area contributed by atoms with Crippen molar-refractivity contribution in [1.29, 1.82) is 0 Å². The van der Waals surface area contributed by atoms with E-state index in [2.05, 4.69) is 16.9 Å². The van der Waals surface area contributed by atoms with Crippen LogP contribution in [0.5, 0.6) is 5.75 Å². The van der Waals surface area contributed by atoms with E-state index >= 15 is 0 Å². The van der Waals surface area contributed by atoms with Crippen molar-refractivity contribution in [3.8, 4) is 5.75 Å². The second-order valence-electron chi connectivity index (χ2n) is 4.47. The molecule has 0 fully saturated rings. The predicted molar refractivity (Wildman–Crippen MR) is 87.6 cm³/mol. The van der Waals surface area contributed by atoms with Gasteiger partial charge in [0.05, 0.1) is 0 Å². The Hall–Kier alpha value is -1.36. The molecule has 0 bridgehead atoms. The van der Waals surface area contributed by atoms with E-state index in [-0.39, 0.29) is 6.61 Å². The first kappa shape index (κ1) is 14.6. The fourth-order valence-electron chi connectivity index (χ4n) is 1.98. The van der Waals surface area contributed by atoms with E-state index in [1.165, 1.54) is 11.3 Å². The number of rotatable bonds is 4. The van der Waals surface area contributed by atoms with Crippen molar-refractivity contribution in [2.24, 2.45) is 0 Å². The average molecular weight is 339 g/mol. The summed E-state index contributed by atoms with van der Waals surface area (Å²) < 4.78 is 5.73. The molecular weight excluding hydrogens is 327 g/mol. The summed E-state index contributed by atoms with van der Waals surface area (Å²) in [5, 5.41) is 4.04. The highest BCUT2D eigenvalue weighted by Gasteiger charge is 2.08. The van der Waals surface area contributed by atoms with E-state index < -0.39 is 0 Å². The van der Waals surface area contributed by atoms with Gasteiger partial charge in [0.25, 0.3) is 0 Å². The second-order valence-corrected chi connectivity index (χ2v) is 6.13. The minimum atomic E-state index is 0.276. The number of halogens is 2. The van der Waals surface area contributed by atoms with Crippen LogP contribution in [-0.4, -0.2) is 9.97 Å². The molecule has 0 spiro atoms. The van der Waals surface area contributed by atoms with Crippen molar-refractivity contribution in [1.82, 2.24) is 9.97 Å². The van der Waals surface area contributed by atoms with Crippen molar-refractivity contribution in [3.05, 3.63) is 51.2 Å². The second kappa shape index (κ2) is 6.18. The van der Waals surface area contributed by atoms with Gasteiger partial charge in [0.1, 0.15) is 22.3 Å². The largest absolute Gasteiger partial charge is 0.486 e. The molecule has 3 nitrogen and oxygen atoms in total. The van der Waals surface area contributed by atoms with Gasteiger partial charge in [-0.25, -0.2) is 9.97 Å². The molecule has 3 rings (SSSR count). The van der Waals surface area contributed by atoms with Crippen LogP contribution >= 0.6 is 34.5 Å². The Bertz CT molecular complexity index is 788. The van der Waals surface area contributed by atoms with Gasteiger partial charge in [-0.1, -0.05) is 30.1 Å². The SMILES string of the molecule is CCc1cc(OCc2nc(Cl)c3ccsc3n2)ccc1Cl. The Morgan fingerprint density at radius 2 is 2.05 bits per heavy atom. The molecule has 6 heteroatoms. The zero-order valence-electron chi connectivity index (χ0n) is 11.3. The monoisotopic (exact) mass is 338 g/mol. The van der Waals surface area contributed by atoms with Gasteiger partial charge in [-0.05, 0) is 41.6 Å². The third-order valence-electron chi connectivity index (χ3n) is 3.09. The van der Waals surface area contributed by atoms with Crippen LogP contribution < -0.4 is 4.74 Å². The van der Waals surface area contributed by atoms with Crippen molar-refractivity contribution in [2.75, 3.05) is 0 Å². The zero-order chi connectivity index (χ0) is 14.8. The van der Waals surface area contributed by atoms with Gasteiger partial charge >= 0.3 is 0 Å². The molecule has 0 unspecified atom stereocenters. The number of hydrogen-bond donors (Lipinski definition) is 0. The fourth-order valence-corrected chi connectivity index (χ4v) is 3.32. The Kier molecular flexibility index (Phi) is 4.29. The molecular formula is C15H12Cl2N2OS. The molecule has 0 radical (unpaired) electrons. The van der Waals surface area contributed by atoms with Crippen molar-refractivity contribution < 1.29 is 4.74 Å². The van der Waals surface area contributed by atoms with E-state index in [4.69, 9.17) is 27.9 Å². The van der Waals surface area contributed by atoms with E-state index in [0.717, 1.165) is 33.0 Å². The van der Waals surface area contributed by atoms with E-state index in [1.54, 1.807) is 0 Å². The normalized spacial score (nSPS) is 11.0. The highest BCUT2D eigenvalue weighted by atomic mass is 35.5. The molecule has 0 saturated heterocycles. The van der Waals surface area contributed by atoms with Crippen molar-refractivity contribution in [3.63, 3.8) is 0 Å². The molecule has 3 aromatic rings. The maximum absolute atomic E-state index is 6.14. The number of aromatic nitrogens is 2. The Morgan fingerprint density at radius 3 is 2.86 bits per heavy atom. The van der Waals surface area contributed by atoms with Crippen LogP contribution in [0.1, 0.15) is 18.3 Å². The van der Waals surface area contributed by atoms with Crippen LogP contribution in [0.15, 0.2) is 29.6 Å². The molecule has 1 aromatic carbocycles. The molecule has 0 amide bonds. The molecule has 0 N–H and O–H groups in total. The number of hydrogen-bond acceptors (Lipinski definition) is 4. The van der Waals surface area contributed by atoms with Crippen molar-refractivity contribution >= 4 is 44.8 Å². The molecule has 0 aliphatic rings. The first-order chi connectivity index (χ1) is 10.2. The number of benzene rings is 1. The third kappa shape index (κ3) is 3.12. The van der Waals surface area contributed by atoms with Crippen LogP contribution in [0, 0.1) is 0 Å². The lowest BCUT2D eigenvalue weighted by Gasteiger charge is -2.08. The maximum atomic E-state index is 6.14. The van der Waals surface area contributed by atoms with Gasteiger partial charge in [-0.3, -0.25) is 0 Å². The van der Waals surface area contributed by atoms with Crippen molar-refractivity contribution in [2.45, 2.75) is 20.0 Å². The van der Waals surface area contributed by atoms with Crippen LogP contribution in [-0.2, 0) is 13.0 Å². The van der Waals surface area contributed by atoms with Gasteiger partial charge < -0.3 is 4.74 Å². The minimum Gasteiger partial charge on any atom is -0.486 e. The van der Waals surface area contributed by atoms with E-state index in [9.17, 15) is 0 Å². The minimum absolute atomic E-state index is 0.276. The highest BCUT2D eigenvalue weighted by Crippen LogP contribution is 2.26. The summed E-state index contributed by atoms with van der Waals surface area (Å²) >= 11 is 13.8. The number of fused-ring (bicyclic) bond motifs is 1. The van der Waals surface area contributed by atoms with Gasteiger partial charge in [0.2, 0.25) is 0 Å². The number of nitrogens with zero attached hydrogens (tertiary/aromatic N) is 2. The van der Waals surface area contributed by atoms with Crippen LogP contribution in [0.25, 0.3) is 10.2 Å². The summed E-state index contributed by atoms with van der Waals surface area (Å²) in [4.78, 5) is 9.58. The van der Waals surface area contributed by atoms with Crippen LogP contribution in [0.4, 0.5) is 0 Å². The smallest absolute Gasteiger partial charge is 0.169 e. The Labute approximate surface area is 136 Å². The summed E-state index contributed by atoms with van der Waals surface area (Å²) in [6.07, 6.45) is 0.861. The lowest BCUT2D eigenvalue weighted by atomic mass is 10.1. The first-order valence-electron chi connectivity index (χ1n) is 6.48. The summed E-state index contributed by atoms with van der Waals surface area (Å²) in [5.41, 5.74) is 1.06. The third-order valence-corrected chi connectivity index (χ3v) is 4.55. The molecule has 0 aliphatic carbocycles. The predicted octanol–water partition coefficient (Wildman–Crippen LogP) is 5.14. The first-order valence-corrected chi connectivity index (χ1v) is 8.11. The van der Waals surface area contributed by atoms with Gasteiger partial charge in [0.15, 0.2) is 5.82 Å². The maximum Gasteiger partial charge on any atom is 0.169 e. The standard InChI is InChI=1S/C15H12Cl2N2OS/c1-2-9-7-10(3-4-12(9)16)20-8-13-18-14(17)11-5-6-21-15(11)19-13/h3-7H,2,8H2,1H3.